The molecule has 120 valence electrons. The Hall–Kier alpha value is -0.160. The van der Waals surface area contributed by atoms with Gasteiger partial charge in [0.05, 0.1) is 13.2 Å². The summed E-state index contributed by atoms with van der Waals surface area (Å²) in [6, 6.07) is 1.35. The van der Waals surface area contributed by atoms with Gasteiger partial charge < -0.3 is 19.7 Å². The molecule has 1 rings (SSSR count). The number of methoxy groups -OCH3 is 1. The SMILES string of the molecule is CCC1CCN(CCCCOCCOC)CCC(C)N1. The smallest absolute Gasteiger partial charge is 0.0700 e. The Morgan fingerprint density at radius 1 is 1.10 bits per heavy atom. The van der Waals surface area contributed by atoms with Crippen LogP contribution in [0.25, 0.3) is 0 Å². The number of nitrogens with zero attached hydrogens (tertiary/aromatic N) is 1. The molecular formula is C16H34N2O2. The molecule has 0 radical (unpaired) electrons. The van der Waals surface area contributed by atoms with Gasteiger partial charge in [0.2, 0.25) is 0 Å². The molecule has 0 amide bonds. The van der Waals surface area contributed by atoms with E-state index in [0.29, 0.717) is 18.7 Å². The quantitative estimate of drug-likeness (QED) is 0.659. The molecule has 0 aromatic heterocycles. The van der Waals surface area contributed by atoms with Gasteiger partial charge in [0.25, 0.3) is 0 Å². The summed E-state index contributed by atoms with van der Waals surface area (Å²) in [7, 11) is 1.71. The fraction of sp³-hybridized carbons (Fsp3) is 1.00. The topological polar surface area (TPSA) is 33.7 Å². The maximum absolute atomic E-state index is 5.51. The summed E-state index contributed by atoms with van der Waals surface area (Å²) < 4.78 is 10.5. The van der Waals surface area contributed by atoms with Gasteiger partial charge in [-0.1, -0.05) is 6.92 Å². The summed E-state index contributed by atoms with van der Waals surface area (Å²) in [6.07, 6.45) is 6.19. The summed E-state index contributed by atoms with van der Waals surface area (Å²) in [4.78, 5) is 2.63. The molecule has 1 N–H and O–H groups in total. The average Bonchev–Trinajstić information content (AvgIpc) is 2.44. The highest BCUT2D eigenvalue weighted by Crippen LogP contribution is 2.10. The molecule has 1 heterocycles. The Labute approximate surface area is 125 Å². The van der Waals surface area contributed by atoms with Crippen molar-refractivity contribution in [2.24, 2.45) is 0 Å². The largest absolute Gasteiger partial charge is 0.382 e. The number of nitrogens with one attached hydrogen (secondary N) is 1. The van der Waals surface area contributed by atoms with E-state index in [1.807, 2.05) is 0 Å². The Bertz CT molecular complexity index is 227. The first kappa shape index (κ1) is 17.9. The Morgan fingerprint density at radius 2 is 1.90 bits per heavy atom. The van der Waals surface area contributed by atoms with Gasteiger partial charge in [-0.3, -0.25) is 0 Å². The van der Waals surface area contributed by atoms with Crippen molar-refractivity contribution in [1.29, 1.82) is 0 Å². The molecule has 2 atom stereocenters. The van der Waals surface area contributed by atoms with Crippen LogP contribution in [-0.2, 0) is 9.47 Å². The van der Waals surface area contributed by atoms with Crippen LogP contribution in [0.4, 0.5) is 0 Å². The number of rotatable bonds is 9. The molecule has 0 aromatic rings. The van der Waals surface area contributed by atoms with Crippen molar-refractivity contribution >= 4 is 0 Å². The van der Waals surface area contributed by atoms with Crippen molar-refractivity contribution in [3.05, 3.63) is 0 Å². The van der Waals surface area contributed by atoms with E-state index in [4.69, 9.17) is 9.47 Å². The fourth-order valence-electron chi connectivity index (χ4n) is 2.72. The summed E-state index contributed by atoms with van der Waals surface area (Å²) in [5, 5.41) is 3.73. The molecule has 0 aliphatic carbocycles. The summed E-state index contributed by atoms with van der Waals surface area (Å²) in [6.45, 7) is 10.6. The number of unbranched alkanes of at least 4 members (excludes halogenated alkanes) is 1. The second-order valence-electron chi connectivity index (χ2n) is 5.90. The Balaban J connectivity index is 2.09. The highest BCUT2D eigenvalue weighted by Gasteiger charge is 2.16. The first-order valence-corrected chi connectivity index (χ1v) is 8.31. The van der Waals surface area contributed by atoms with E-state index in [0.717, 1.165) is 19.6 Å². The Morgan fingerprint density at radius 3 is 2.65 bits per heavy atom. The highest BCUT2D eigenvalue weighted by atomic mass is 16.5. The third-order valence-electron chi connectivity index (χ3n) is 4.13. The zero-order valence-electron chi connectivity index (χ0n) is 13.7. The van der Waals surface area contributed by atoms with Gasteiger partial charge in [-0.05, 0) is 58.7 Å². The van der Waals surface area contributed by atoms with Crippen molar-refractivity contribution < 1.29 is 9.47 Å². The minimum absolute atomic E-state index is 0.653. The van der Waals surface area contributed by atoms with Crippen LogP contribution in [0, 0.1) is 0 Å². The lowest BCUT2D eigenvalue weighted by Gasteiger charge is -2.32. The van der Waals surface area contributed by atoms with E-state index < -0.39 is 0 Å². The highest BCUT2D eigenvalue weighted by molar-refractivity contribution is 4.76. The first-order valence-electron chi connectivity index (χ1n) is 8.31. The van der Waals surface area contributed by atoms with E-state index >= 15 is 0 Å². The molecule has 1 fully saturated rings. The predicted octanol–water partition coefficient (Wildman–Crippen LogP) is 2.28. The molecule has 0 bridgehead atoms. The third kappa shape index (κ3) is 8.20. The molecular weight excluding hydrogens is 252 g/mol. The molecule has 1 aliphatic heterocycles. The predicted molar refractivity (Wildman–Crippen MR) is 84.3 cm³/mol. The number of ether oxygens (including phenoxy) is 2. The van der Waals surface area contributed by atoms with Crippen LogP contribution in [0.2, 0.25) is 0 Å². The van der Waals surface area contributed by atoms with Gasteiger partial charge in [0.15, 0.2) is 0 Å². The second-order valence-corrected chi connectivity index (χ2v) is 5.90. The number of hydrogen-bond acceptors (Lipinski definition) is 4. The molecule has 0 spiro atoms. The monoisotopic (exact) mass is 286 g/mol. The lowest BCUT2D eigenvalue weighted by Crippen LogP contribution is -2.44. The molecule has 0 aromatic carbocycles. The molecule has 4 nitrogen and oxygen atoms in total. The number of hydrogen-bond donors (Lipinski definition) is 1. The van der Waals surface area contributed by atoms with Gasteiger partial charge in [-0.15, -0.1) is 0 Å². The molecule has 0 saturated carbocycles. The standard InChI is InChI=1S/C16H34N2O2/c1-4-16-8-11-18(10-7-15(2)17-16)9-5-6-12-20-14-13-19-3/h15-17H,4-14H2,1-3H3. The van der Waals surface area contributed by atoms with E-state index in [2.05, 4.69) is 24.1 Å². The van der Waals surface area contributed by atoms with E-state index in [1.165, 1.54) is 45.3 Å². The lowest BCUT2D eigenvalue weighted by molar-refractivity contribution is 0.0673. The van der Waals surface area contributed by atoms with Crippen LogP contribution >= 0.6 is 0 Å². The van der Waals surface area contributed by atoms with Gasteiger partial charge in [-0.25, -0.2) is 0 Å². The maximum Gasteiger partial charge on any atom is 0.0700 e. The normalized spacial score (nSPS) is 25.4. The molecule has 2 unspecified atom stereocenters. The molecule has 1 aliphatic rings. The van der Waals surface area contributed by atoms with Gasteiger partial charge in [-0.2, -0.15) is 0 Å². The zero-order valence-corrected chi connectivity index (χ0v) is 13.7. The van der Waals surface area contributed by atoms with Crippen LogP contribution in [0.15, 0.2) is 0 Å². The van der Waals surface area contributed by atoms with Crippen molar-refractivity contribution in [1.82, 2.24) is 10.2 Å². The van der Waals surface area contributed by atoms with Gasteiger partial charge >= 0.3 is 0 Å². The second kappa shape index (κ2) is 11.5. The minimum Gasteiger partial charge on any atom is -0.382 e. The van der Waals surface area contributed by atoms with Crippen molar-refractivity contribution in [2.75, 3.05) is 46.6 Å². The van der Waals surface area contributed by atoms with Crippen LogP contribution in [0.1, 0.15) is 46.0 Å². The molecule has 1 saturated heterocycles. The van der Waals surface area contributed by atoms with E-state index in [-0.39, 0.29) is 0 Å². The minimum atomic E-state index is 0.653. The van der Waals surface area contributed by atoms with Gasteiger partial charge in [0, 0.05) is 25.8 Å². The summed E-state index contributed by atoms with van der Waals surface area (Å²) in [5.74, 6) is 0. The first-order chi connectivity index (χ1) is 9.76. The lowest BCUT2D eigenvalue weighted by atomic mass is 10.1. The Kier molecular flexibility index (Phi) is 10.3. The van der Waals surface area contributed by atoms with Crippen molar-refractivity contribution in [3.63, 3.8) is 0 Å². The van der Waals surface area contributed by atoms with E-state index in [9.17, 15) is 0 Å². The average molecular weight is 286 g/mol. The van der Waals surface area contributed by atoms with Crippen LogP contribution < -0.4 is 5.32 Å². The molecule has 20 heavy (non-hydrogen) atoms. The van der Waals surface area contributed by atoms with Crippen LogP contribution in [0.5, 0.6) is 0 Å². The molecule has 4 heteroatoms. The van der Waals surface area contributed by atoms with Crippen LogP contribution in [0.3, 0.4) is 0 Å². The van der Waals surface area contributed by atoms with Crippen molar-refractivity contribution in [3.8, 4) is 0 Å². The summed E-state index contributed by atoms with van der Waals surface area (Å²) in [5.41, 5.74) is 0. The third-order valence-corrected chi connectivity index (χ3v) is 4.13. The maximum atomic E-state index is 5.51. The van der Waals surface area contributed by atoms with Crippen LogP contribution in [-0.4, -0.2) is 63.5 Å². The van der Waals surface area contributed by atoms with Gasteiger partial charge in [0.1, 0.15) is 0 Å². The van der Waals surface area contributed by atoms with E-state index in [1.54, 1.807) is 7.11 Å². The summed E-state index contributed by atoms with van der Waals surface area (Å²) >= 11 is 0. The van der Waals surface area contributed by atoms with Crippen molar-refractivity contribution in [2.45, 2.75) is 58.0 Å². The fourth-order valence-corrected chi connectivity index (χ4v) is 2.72. The zero-order chi connectivity index (χ0) is 14.6.